The van der Waals surface area contributed by atoms with E-state index in [9.17, 15) is 5.11 Å². The third-order valence-corrected chi connectivity index (χ3v) is 5.30. The van der Waals surface area contributed by atoms with Crippen LogP contribution in [0.15, 0.2) is 36.5 Å². The number of thiazole rings is 1. The number of rotatable bonds is 5. The molecule has 1 aromatic heterocycles. The topological polar surface area (TPSA) is 45.1 Å². The van der Waals surface area contributed by atoms with Gasteiger partial charge in [0, 0.05) is 35.8 Å². The molecule has 21 heavy (non-hydrogen) atoms. The van der Waals surface area contributed by atoms with Gasteiger partial charge in [-0.05, 0) is 18.8 Å². The number of nitrogens with one attached hydrogen (secondary N) is 1. The maximum absolute atomic E-state index is 9.46. The van der Waals surface area contributed by atoms with Gasteiger partial charge in [-0.15, -0.1) is 11.3 Å². The molecule has 0 amide bonds. The zero-order valence-electron chi connectivity index (χ0n) is 12.2. The quantitative estimate of drug-likeness (QED) is 0.889. The summed E-state index contributed by atoms with van der Waals surface area (Å²) in [4.78, 5) is 5.78. The maximum atomic E-state index is 9.46. The highest BCUT2D eigenvalue weighted by Crippen LogP contribution is 2.27. The Balaban J connectivity index is 1.60. The van der Waals surface area contributed by atoms with E-state index in [0.717, 1.165) is 18.0 Å². The van der Waals surface area contributed by atoms with Crippen LogP contribution in [0.3, 0.4) is 0 Å². The fraction of sp³-hybridized carbons (Fsp3) is 0.471. The minimum absolute atomic E-state index is 0.301. The van der Waals surface area contributed by atoms with Gasteiger partial charge in [-0.2, -0.15) is 0 Å². The SMILES string of the molecule is OCC1CCCCC1NCc1cnc(-c2ccccc2)s1. The van der Waals surface area contributed by atoms with Crippen molar-refractivity contribution in [2.45, 2.75) is 38.3 Å². The van der Waals surface area contributed by atoms with Crippen molar-refractivity contribution in [1.29, 1.82) is 0 Å². The number of nitrogens with zero attached hydrogens (tertiary/aromatic N) is 1. The second-order valence-corrected chi connectivity index (χ2v) is 6.83. The van der Waals surface area contributed by atoms with Gasteiger partial charge in [0.25, 0.3) is 0 Å². The third kappa shape index (κ3) is 3.70. The van der Waals surface area contributed by atoms with Gasteiger partial charge in [-0.25, -0.2) is 4.98 Å². The molecule has 1 heterocycles. The molecule has 1 fully saturated rings. The summed E-state index contributed by atoms with van der Waals surface area (Å²) < 4.78 is 0. The van der Waals surface area contributed by atoms with E-state index < -0.39 is 0 Å². The molecule has 0 bridgehead atoms. The summed E-state index contributed by atoms with van der Waals surface area (Å²) in [5.41, 5.74) is 1.18. The standard InChI is InChI=1S/C17H22N2OS/c20-12-14-8-4-5-9-16(14)18-10-15-11-19-17(21-15)13-6-2-1-3-7-13/h1-3,6-7,11,14,16,18,20H,4-5,8-10,12H2. The van der Waals surface area contributed by atoms with Gasteiger partial charge >= 0.3 is 0 Å². The monoisotopic (exact) mass is 302 g/mol. The Morgan fingerprint density at radius 3 is 2.81 bits per heavy atom. The second kappa shape index (κ2) is 7.16. The number of aliphatic hydroxyl groups excluding tert-OH is 1. The van der Waals surface area contributed by atoms with E-state index in [-0.39, 0.29) is 0 Å². The van der Waals surface area contributed by atoms with E-state index in [0.29, 0.717) is 18.6 Å². The summed E-state index contributed by atoms with van der Waals surface area (Å²) in [7, 11) is 0. The summed E-state index contributed by atoms with van der Waals surface area (Å²) in [6, 6.07) is 10.8. The molecule has 1 aromatic carbocycles. The Bertz CT molecular complexity index is 555. The number of aromatic nitrogens is 1. The van der Waals surface area contributed by atoms with E-state index in [1.54, 1.807) is 11.3 Å². The molecule has 0 radical (unpaired) electrons. The highest BCUT2D eigenvalue weighted by atomic mass is 32.1. The van der Waals surface area contributed by atoms with Gasteiger partial charge < -0.3 is 10.4 Å². The Hall–Kier alpha value is -1.23. The predicted octanol–water partition coefficient (Wildman–Crippen LogP) is 3.45. The molecule has 4 heteroatoms. The molecule has 0 aliphatic heterocycles. The van der Waals surface area contributed by atoms with Gasteiger partial charge in [0.15, 0.2) is 0 Å². The van der Waals surface area contributed by atoms with Crippen molar-refractivity contribution in [3.05, 3.63) is 41.4 Å². The van der Waals surface area contributed by atoms with Crippen LogP contribution >= 0.6 is 11.3 Å². The second-order valence-electron chi connectivity index (χ2n) is 5.71. The van der Waals surface area contributed by atoms with E-state index >= 15 is 0 Å². The largest absolute Gasteiger partial charge is 0.396 e. The zero-order chi connectivity index (χ0) is 14.5. The van der Waals surface area contributed by atoms with Gasteiger partial charge in [-0.3, -0.25) is 0 Å². The average Bonchev–Trinajstić information content (AvgIpc) is 3.03. The summed E-state index contributed by atoms with van der Waals surface area (Å²) in [6.07, 6.45) is 6.81. The summed E-state index contributed by atoms with van der Waals surface area (Å²) in [5, 5.41) is 14.2. The van der Waals surface area contributed by atoms with Crippen molar-refractivity contribution in [2.24, 2.45) is 5.92 Å². The van der Waals surface area contributed by atoms with Crippen molar-refractivity contribution in [3.63, 3.8) is 0 Å². The van der Waals surface area contributed by atoms with Gasteiger partial charge in [-0.1, -0.05) is 43.2 Å². The first-order valence-corrected chi connectivity index (χ1v) is 8.53. The van der Waals surface area contributed by atoms with Gasteiger partial charge in [0.05, 0.1) is 0 Å². The van der Waals surface area contributed by atoms with Crippen molar-refractivity contribution >= 4 is 11.3 Å². The van der Waals surface area contributed by atoms with Gasteiger partial charge in [0.1, 0.15) is 5.01 Å². The normalized spacial score (nSPS) is 22.3. The van der Waals surface area contributed by atoms with Crippen LogP contribution in [0.4, 0.5) is 0 Å². The molecule has 2 unspecified atom stereocenters. The molecular formula is C17H22N2OS. The van der Waals surface area contributed by atoms with Crippen LogP contribution in [0.1, 0.15) is 30.6 Å². The summed E-state index contributed by atoms with van der Waals surface area (Å²) in [6.45, 7) is 1.15. The number of aliphatic hydroxyl groups is 1. The van der Waals surface area contributed by atoms with Crippen LogP contribution in [0.5, 0.6) is 0 Å². The first-order chi connectivity index (χ1) is 10.4. The molecule has 1 aliphatic carbocycles. The minimum Gasteiger partial charge on any atom is -0.396 e. The van der Waals surface area contributed by atoms with Crippen LogP contribution in [-0.2, 0) is 6.54 Å². The third-order valence-electron chi connectivity index (χ3n) is 4.26. The number of hydrogen-bond donors (Lipinski definition) is 2. The Morgan fingerprint density at radius 1 is 1.19 bits per heavy atom. The summed E-state index contributed by atoms with van der Waals surface area (Å²) >= 11 is 1.75. The van der Waals surface area contributed by atoms with Crippen molar-refractivity contribution < 1.29 is 5.11 Å². The van der Waals surface area contributed by atoms with Gasteiger partial charge in [0.2, 0.25) is 0 Å². The molecule has 112 valence electrons. The smallest absolute Gasteiger partial charge is 0.123 e. The fourth-order valence-corrected chi connectivity index (χ4v) is 3.90. The molecule has 1 saturated carbocycles. The Labute approximate surface area is 130 Å². The Morgan fingerprint density at radius 2 is 2.00 bits per heavy atom. The lowest BCUT2D eigenvalue weighted by Gasteiger charge is -2.30. The average molecular weight is 302 g/mol. The number of hydrogen-bond acceptors (Lipinski definition) is 4. The highest BCUT2D eigenvalue weighted by molar-refractivity contribution is 7.15. The lowest BCUT2D eigenvalue weighted by Crippen LogP contribution is -2.39. The number of benzene rings is 1. The molecule has 3 rings (SSSR count). The van der Waals surface area contributed by atoms with E-state index in [1.165, 1.54) is 29.7 Å². The molecule has 2 N–H and O–H groups in total. The Kier molecular flexibility index (Phi) is 5.01. The van der Waals surface area contributed by atoms with E-state index in [1.807, 2.05) is 24.4 Å². The molecule has 1 aliphatic rings. The first-order valence-electron chi connectivity index (χ1n) is 7.71. The van der Waals surface area contributed by atoms with Crippen LogP contribution in [0, 0.1) is 5.92 Å². The first kappa shape index (κ1) is 14.7. The molecule has 2 aromatic rings. The van der Waals surface area contributed by atoms with Crippen LogP contribution in [0.2, 0.25) is 0 Å². The zero-order valence-corrected chi connectivity index (χ0v) is 13.0. The maximum Gasteiger partial charge on any atom is 0.123 e. The molecule has 0 saturated heterocycles. The fourth-order valence-electron chi connectivity index (χ4n) is 3.03. The molecular weight excluding hydrogens is 280 g/mol. The molecule has 3 nitrogen and oxygen atoms in total. The van der Waals surface area contributed by atoms with Crippen molar-refractivity contribution in [2.75, 3.05) is 6.61 Å². The van der Waals surface area contributed by atoms with Crippen LogP contribution in [-0.4, -0.2) is 22.7 Å². The minimum atomic E-state index is 0.301. The van der Waals surface area contributed by atoms with Crippen LogP contribution in [0.25, 0.3) is 10.6 Å². The predicted molar refractivity (Wildman–Crippen MR) is 87.2 cm³/mol. The lowest BCUT2D eigenvalue weighted by atomic mass is 9.85. The van der Waals surface area contributed by atoms with Crippen molar-refractivity contribution in [3.8, 4) is 10.6 Å². The van der Waals surface area contributed by atoms with Crippen LogP contribution < -0.4 is 5.32 Å². The van der Waals surface area contributed by atoms with Crippen molar-refractivity contribution in [1.82, 2.24) is 10.3 Å². The highest BCUT2D eigenvalue weighted by Gasteiger charge is 2.23. The van der Waals surface area contributed by atoms with E-state index in [2.05, 4.69) is 22.4 Å². The van der Waals surface area contributed by atoms with E-state index in [4.69, 9.17) is 0 Å². The lowest BCUT2D eigenvalue weighted by molar-refractivity contribution is 0.152. The summed E-state index contributed by atoms with van der Waals surface area (Å²) in [5.74, 6) is 0.417. The molecule has 0 spiro atoms. The molecule has 2 atom stereocenters.